The minimum Gasteiger partial charge on any atom is -0.357 e. The monoisotopic (exact) mass is 349 g/mol. The highest BCUT2D eigenvalue weighted by molar-refractivity contribution is 5.79. The Balaban J connectivity index is 1.73. The number of aromatic nitrogens is 2. The lowest BCUT2D eigenvalue weighted by Crippen LogP contribution is -2.38. The molecular formula is C19H35N5O. The highest BCUT2D eigenvalue weighted by atomic mass is 16.5. The number of aliphatic imine (C=N–C) groups is 1. The molecule has 0 radical (unpaired) electrons. The van der Waals surface area contributed by atoms with E-state index < -0.39 is 0 Å². The van der Waals surface area contributed by atoms with Crippen molar-refractivity contribution in [3.8, 4) is 0 Å². The molecular weight excluding hydrogens is 314 g/mol. The fraction of sp³-hybridized carbons (Fsp3) is 0.842. The van der Waals surface area contributed by atoms with Crippen LogP contribution in [0.2, 0.25) is 0 Å². The van der Waals surface area contributed by atoms with Gasteiger partial charge >= 0.3 is 0 Å². The van der Waals surface area contributed by atoms with Gasteiger partial charge in [-0.15, -0.1) is 0 Å². The van der Waals surface area contributed by atoms with Crippen LogP contribution in [-0.2, 0) is 6.42 Å². The second-order valence-corrected chi connectivity index (χ2v) is 7.56. The average molecular weight is 350 g/mol. The van der Waals surface area contributed by atoms with E-state index in [1.165, 1.54) is 32.1 Å². The third kappa shape index (κ3) is 7.04. The molecule has 142 valence electrons. The minimum absolute atomic E-state index is 0.298. The van der Waals surface area contributed by atoms with Gasteiger partial charge in [-0.1, -0.05) is 45.2 Å². The summed E-state index contributed by atoms with van der Waals surface area (Å²) in [4.78, 5) is 9.13. The fourth-order valence-electron chi connectivity index (χ4n) is 3.41. The third-order valence-corrected chi connectivity index (χ3v) is 4.83. The van der Waals surface area contributed by atoms with E-state index in [0.717, 1.165) is 43.3 Å². The summed E-state index contributed by atoms with van der Waals surface area (Å²) < 4.78 is 5.28. The van der Waals surface area contributed by atoms with E-state index in [9.17, 15) is 0 Å². The Hall–Kier alpha value is -1.59. The van der Waals surface area contributed by atoms with Crippen molar-refractivity contribution >= 4 is 5.96 Å². The van der Waals surface area contributed by atoms with Crippen LogP contribution in [0.25, 0.3) is 0 Å². The Morgan fingerprint density at radius 1 is 1.32 bits per heavy atom. The second kappa shape index (κ2) is 10.4. The Kier molecular flexibility index (Phi) is 8.22. The van der Waals surface area contributed by atoms with Crippen LogP contribution >= 0.6 is 0 Å². The number of nitrogens with one attached hydrogen (secondary N) is 2. The van der Waals surface area contributed by atoms with E-state index in [-0.39, 0.29) is 0 Å². The Labute approximate surface area is 152 Å². The topological polar surface area (TPSA) is 75.3 Å². The highest BCUT2D eigenvalue weighted by Crippen LogP contribution is 2.30. The molecule has 1 aliphatic rings. The maximum Gasteiger partial charge on any atom is 0.228 e. The Morgan fingerprint density at radius 3 is 2.84 bits per heavy atom. The van der Waals surface area contributed by atoms with Gasteiger partial charge in [-0.3, -0.25) is 4.99 Å². The van der Waals surface area contributed by atoms with Crippen molar-refractivity contribution in [3.63, 3.8) is 0 Å². The molecule has 2 atom stereocenters. The molecule has 2 rings (SSSR count). The first-order chi connectivity index (χ1) is 12.1. The summed E-state index contributed by atoms with van der Waals surface area (Å²) >= 11 is 0. The van der Waals surface area contributed by atoms with Crippen LogP contribution in [0.5, 0.6) is 0 Å². The first-order valence-corrected chi connectivity index (χ1v) is 9.93. The molecule has 2 unspecified atom stereocenters. The smallest absolute Gasteiger partial charge is 0.228 e. The van der Waals surface area contributed by atoms with Gasteiger partial charge in [0.15, 0.2) is 11.8 Å². The minimum atomic E-state index is 0.298. The van der Waals surface area contributed by atoms with Crippen molar-refractivity contribution in [1.29, 1.82) is 0 Å². The van der Waals surface area contributed by atoms with E-state index in [2.05, 4.69) is 48.5 Å². The maximum absolute atomic E-state index is 5.28. The molecule has 1 fully saturated rings. The second-order valence-electron chi connectivity index (χ2n) is 7.56. The van der Waals surface area contributed by atoms with Crippen LogP contribution in [0.4, 0.5) is 0 Å². The SMILES string of the molecule is CCNC(=NCCC1CCCC(C)C1)NCCc1nc(C(C)C)no1. The van der Waals surface area contributed by atoms with Crippen molar-refractivity contribution in [2.24, 2.45) is 16.8 Å². The summed E-state index contributed by atoms with van der Waals surface area (Å²) in [6, 6.07) is 0. The van der Waals surface area contributed by atoms with Gasteiger partial charge < -0.3 is 15.2 Å². The van der Waals surface area contributed by atoms with Gasteiger partial charge in [-0.05, 0) is 31.6 Å². The molecule has 0 saturated heterocycles. The van der Waals surface area contributed by atoms with Gasteiger partial charge in [0.05, 0.1) is 0 Å². The van der Waals surface area contributed by atoms with Gasteiger partial charge in [-0.2, -0.15) is 4.98 Å². The first-order valence-electron chi connectivity index (χ1n) is 9.93. The molecule has 1 saturated carbocycles. The largest absolute Gasteiger partial charge is 0.357 e. The number of guanidine groups is 1. The van der Waals surface area contributed by atoms with Crippen LogP contribution in [0.15, 0.2) is 9.52 Å². The van der Waals surface area contributed by atoms with Crippen LogP contribution < -0.4 is 10.6 Å². The number of rotatable bonds is 8. The Bertz CT molecular complexity index is 526. The molecule has 0 aliphatic heterocycles. The number of hydrogen-bond donors (Lipinski definition) is 2. The van der Waals surface area contributed by atoms with Crippen LogP contribution in [0.3, 0.4) is 0 Å². The normalized spacial score (nSPS) is 21.6. The molecule has 1 aliphatic carbocycles. The molecule has 0 bridgehead atoms. The maximum atomic E-state index is 5.28. The van der Waals surface area contributed by atoms with Crippen molar-refractivity contribution < 1.29 is 4.52 Å². The number of nitrogens with zero attached hydrogens (tertiary/aromatic N) is 3. The summed E-state index contributed by atoms with van der Waals surface area (Å²) in [5, 5.41) is 10.7. The quantitative estimate of drug-likeness (QED) is 0.555. The molecule has 1 aromatic rings. The van der Waals surface area contributed by atoms with Crippen molar-refractivity contribution in [3.05, 3.63) is 11.7 Å². The molecule has 6 nitrogen and oxygen atoms in total. The van der Waals surface area contributed by atoms with Gasteiger partial charge in [0, 0.05) is 32.0 Å². The zero-order valence-corrected chi connectivity index (χ0v) is 16.3. The lowest BCUT2D eigenvalue weighted by molar-refractivity contribution is 0.272. The highest BCUT2D eigenvalue weighted by Gasteiger charge is 2.18. The summed E-state index contributed by atoms with van der Waals surface area (Å²) in [6.07, 6.45) is 7.44. The third-order valence-electron chi connectivity index (χ3n) is 4.83. The van der Waals surface area contributed by atoms with Crippen molar-refractivity contribution in [1.82, 2.24) is 20.8 Å². The molecule has 0 spiro atoms. The molecule has 25 heavy (non-hydrogen) atoms. The van der Waals surface area contributed by atoms with Crippen molar-refractivity contribution in [2.45, 2.75) is 72.1 Å². The molecule has 1 aromatic heterocycles. The average Bonchev–Trinajstić information content (AvgIpc) is 3.04. The molecule has 0 amide bonds. The summed E-state index contributed by atoms with van der Waals surface area (Å²) in [6.45, 7) is 11.1. The predicted molar refractivity (Wildman–Crippen MR) is 102 cm³/mol. The van der Waals surface area contributed by atoms with Crippen LogP contribution in [0, 0.1) is 11.8 Å². The van der Waals surface area contributed by atoms with E-state index >= 15 is 0 Å². The van der Waals surface area contributed by atoms with Gasteiger partial charge in [0.2, 0.25) is 5.89 Å². The van der Waals surface area contributed by atoms with Gasteiger partial charge in [0.25, 0.3) is 0 Å². The first kappa shape index (κ1) is 19.7. The zero-order chi connectivity index (χ0) is 18.1. The zero-order valence-electron chi connectivity index (χ0n) is 16.3. The van der Waals surface area contributed by atoms with E-state index in [1.807, 2.05) is 0 Å². The van der Waals surface area contributed by atoms with Crippen molar-refractivity contribution in [2.75, 3.05) is 19.6 Å². The van der Waals surface area contributed by atoms with Gasteiger partial charge in [0.1, 0.15) is 0 Å². The molecule has 1 heterocycles. The van der Waals surface area contributed by atoms with Gasteiger partial charge in [-0.25, -0.2) is 0 Å². The summed E-state index contributed by atoms with van der Waals surface area (Å²) in [7, 11) is 0. The lowest BCUT2D eigenvalue weighted by Gasteiger charge is -2.26. The molecule has 2 N–H and O–H groups in total. The van der Waals surface area contributed by atoms with Crippen LogP contribution in [-0.4, -0.2) is 35.7 Å². The molecule has 0 aromatic carbocycles. The van der Waals surface area contributed by atoms with E-state index in [0.29, 0.717) is 18.2 Å². The van der Waals surface area contributed by atoms with Crippen LogP contribution in [0.1, 0.15) is 77.4 Å². The standard InChI is InChI=1S/C19H35N5O/c1-5-20-19(21-11-9-16-8-6-7-15(4)13-16)22-12-10-17-23-18(14(2)3)24-25-17/h14-16H,5-13H2,1-4H3,(H2,20,21,22). The van der Waals surface area contributed by atoms with E-state index in [1.54, 1.807) is 0 Å². The summed E-state index contributed by atoms with van der Waals surface area (Å²) in [5.41, 5.74) is 0. The predicted octanol–water partition coefficient (Wildman–Crippen LogP) is 3.51. The lowest BCUT2D eigenvalue weighted by atomic mass is 9.81. The molecule has 6 heteroatoms. The fourth-order valence-corrected chi connectivity index (χ4v) is 3.41. The summed E-state index contributed by atoms with van der Waals surface area (Å²) in [5.74, 6) is 4.38. The van der Waals surface area contributed by atoms with E-state index in [4.69, 9.17) is 9.52 Å². The Morgan fingerprint density at radius 2 is 2.16 bits per heavy atom. The number of hydrogen-bond acceptors (Lipinski definition) is 4.